The van der Waals surface area contributed by atoms with Gasteiger partial charge in [-0.1, -0.05) is 12.1 Å². The van der Waals surface area contributed by atoms with E-state index in [9.17, 15) is 13.6 Å². The molecule has 2 N–H and O–H groups in total. The van der Waals surface area contributed by atoms with Gasteiger partial charge in [0.1, 0.15) is 11.6 Å². The van der Waals surface area contributed by atoms with Crippen LogP contribution in [0.4, 0.5) is 8.78 Å². The Bertz CT molecular complexity index is 981. The van der Waals surface area contributed by atoms with Gasteiger partial charge in [0.2, 0.25) is 0 Å². The minimum Gasteiger partial charge on any atom is -0.478 e. The highest BCUT2D eigenvalue weighted by atomic mass is 32.1. The topological polar surface area (TPSA) is 70.9 Å². The average molecular weight is 347 g/mol. The van der Waals surface area contributed by atoms with Crippen molar-refractivity contribution in [2.45, 2.75) is 6.54 Å². The summed E-state index contributed by atoms with van der Waals surface area (Å²) in [5, 5.41) is 15.6. The van der Waals surface area contributed by atoms with Crippen molar-refractivity contribution in [3.05, 3.63) is 70.0 Å². The second kappa shape index (κ2) is 6.32. The Morgan fingerprint density at radius 1 is 1.25 bits per heavy atom. The van der Waals surface area contributed by atoms with Crippen LogP contribution < -0.4 is 0 Å². The molecule has 0 saturated carbocycles. The minimum absolute atomic E-state index is 0.0308. The van der Waals surface area contributed by atoms with Crippen LogP contribution in [0.1, 0.15) is 15.9 Å². The molecule has 0 aliphatic heterocycles. The zero-order valence-corrected chi connectivity index (χ0v) is 13.0. The number of rotatable bonds is 4. The molecule has 8 heteroatoms. The predicted octanol–water partition coefficient (Wildman–Crippen LogP) is 3.63. The highest BCUT2D eigenvalue weighted by Gasteiger charge is 2.15. The van der Waals surface area contributed by atoms with Gasteiger partial charge < -0.3 is 5.11 Å². The normalized spacial score (nSPS) is 10.8. The number of carbonyl (C=O) groups is 1. The molecule has 3 aromatic rings. The van der Waals surface area contributed by atoms with Crippen molar-refractivity contribution in [2.24, 2.45) is 0 Å². The first-order chi connectivity index (χ1) is 11.5. The number of halogens is 2. The molecule has 0 amide bonds. The third-order valence-corrected chi connectivity index (χ3v) is 3.75. The van der Waals surface area contributed by atoms with E-state index < -0.39 is 17.6 Å². The van der Waals surface area contributed by atoms with Crippen molar-refractivity contribution < 1.29 is 18.7 Å². The summed E-state index contributed by atoms with van der Waals surface area (Å²) in [5.74, 6) is -2.15. The fourth-order valence-electron chi connectivity index (χ4n) is 2.32. The van der Waals surface area contributed by atoms with Crippen molar-refractivity contribution in [1.29, 1.82) is 0 Å². The maximum absolute atomic E-state index is 14.0. The van der Waals surface area contributed by atoms with Gasteiger partial charge in [0, 0.05) is 0 Å². The van der Waals surface area contributed by atoms with Crippen LogP contribution in [0.3, 0.4) is 0 Å². The molecule has 1 heterocycles. The Labute approximate surface area is 140 Å². The van der Waals surface area contributed by atoms with Gasteiger partial charge >= 0.3 is 5.97 Å². The van der Waals surface area contributed by atoms with Crippen LogP contribution in [0.5, 0.6) is 0 Å². The van der Waals surface area contributed by atoms with Crippen LogP contribution in [0.15, 0.2) is 42.5 Å². The molecule has 0 spiro atoms. The third-order valence-electron chi connectivity index (χ3n) is 3.44. The number of aromatic amines is 1. The molecule has 0 unspecified atom stereocenters. The fourth-order valence-corrected chi connectivity index (χ4v) is 2.52. The largest absolute Gasteiger partial charge is 0.478 e. The van der Waals surface area contributed by atoms with Gasteiger partial charge in [-0.15, -0.1) is 0 Å². The molecule has 24 heavy (non-hydrogen) atoms. The zero-order chi connectivity index (χ0) is 17.3. The molecule has 0 radical (unpaired) electrons. The number of H-pyrrole nitrogens is 1. The molecule has 0 atom stereocenters. The predicted molar refractivity (Wildman–Crippen MR) is 85.3 cm³/mol. The second-order valence-corrected chi connectivity index (χ2v) is 5.45. The van der Waals surface area contributed by atoms with E-state index in [2.05, 4.69) is 10.2 Å². The third kappa shape index (κ3) is 3.09. The molecule has 0 fully saturated rings. The van der Waals surface area contributed by atoms with Crippen molar-refractivity contribution in [2.75, 3.05) is 0 Å². The van der Waals surface area contributed by atoms with Crippen LogP contribution in [-0.2, 0) is 6.54 Å². The Hall–Kier alpha value is -2.87. The van der Waals surface area contributed by atoms with Crippen LogP contribution in [0.2, 0.25) is 0 Å². The molecule has 0 bridgehead atoms. The van der Waals surface area contributed by atoms with E-state index in [4.69, 9.17) is 17.3 Å². The van der Waals surface area contributed by atoms with Crippen molar-refractivity contribution in [1.82, 2.24) is 14.8 Å². The van der Waals surface area contributed by atoms with Gasteiger partial charge in [-0.25, -0.2) is 13.6 Å². The summed E-state index contributed by atoms with van der Waals surface area (Å²) in [6.45, 7) is 0.168. The number of aromatic nitrogens is 3. The summed E-state index contributed by atoms with van der Waals surface area (Å²) in [7, 11) is 0. The molecule has 0 aliphatic carbocycles. The summed E-state index contributed by atoms with van der Waals surface area (Å²) in [4.78, 5) is 11.1. The molecule has 0 saturated heterocycles. The molecule has 5 nitrogen and oxygen atoms in total. The highest BCUT2D eigenvalue weighted by molar-refractivity contribution is 7.71. The van der Waals surface area contributed by atoms with Gasteiger partial charge in [0.15, 0.2) is 10.6 Å². The number of benzene rings is 2. The Morgan fingerprint density at radius 3 is 2.79 bits per heavy atom. The summed E-state index contributed by atoms with van der Waals surface area (Å²) < 4.78 is 29.1. The molecule has 1 aromatic heterocycles. The Morgan fingerprint density at radius 2 is 2.04 bits per heavy atom. The molecule has 122 valence electrons. The van der Waals surface area contributed by atoms with E-state index in [0.29, 0.717) is 5.56 Å². The van der Waals surface area contributed by atoms with Crippen molar-refractivity contribution in [3.8, 4) is 11.4 Å². The van der Waals surface area contributed by atoms with Gasteiger partial charge in [-0.05, 0) is 48.1 Å². The first-order valence-corrected chi connectivity index (χ1v) is 7.29. The maximum Gasteiger partial charge on any atom is 0.335 e. The lowest BCUT2D eigenvalue weighted by atomic mass is 10.1. The molecule has 2 aromatic carbocycles. The summed E-state index contributed by atoms with van der Waals surface area (Å²) >= 11 is 5.14. The molecule has 3 rings (SSSR count). The minimum atomic E-state index is -1.05. The number of carboxylic acids is 1. The van der Waals surface area contributed by atoms with Crippen molar-refractivity contribution in [3.63, 3.8) is 0 Å². The number of carboxylic acid groups (broad SMARTS) is 1. The standard InChI is InChI=1S/C16H11F2N3O2S/c17-11-4-5-13(18)12(7-11)14-19-20-16(24)21(14)8-9-2-1-3-10(6-9)15(22)23/h1-7H,8H2,(H,20,24)(H,22,23). The van der Waals surface area contributed by atoms with E-state index in [1.165, 1.54) is 16.7 Å². The van der Waals surface area contributed by atoms with Crippen molar-refractivity contribution >= 4 is 18.2 Å². The Kier molecular flexibility index (Phi) is 4.22. The van der Waals surface area contributed by atoms with Gasteiger partial charge in [-0.2, -0.15) is 5.10 Å². The first kappa shape index (κ1) is 16.0. The first-order valence-electron chi connectivity index (χ1n) is 6.88. The lowest BCUT2D eigenvalue weighted by molar-refractivity contribution is 0.0696. The fraction of sp³-hybridized carbons (Fsp3) is 0.0625. The van der Waals surface area contributed by atoms with Gasteiger partial charge in [-0.3, -0.25) is 9.67 Å². The van der Waals surface area contributed by atoms with Crippen LogP contribution in [-0.4, -0.2) is 25.8 Å². The Balaban J connectivity index is 2.05. The number of hydrogen-bond acceptors (Lipinski definition) is 3. The number of hydrogen-bond donors (Lipinski definition) is 2. The summed E-state index contributed by atoms with van der Waals surface area (Å²) in [5.41, 5.74) is 0.739. The number of nitrogens with one attached hydrogen (secondary N) is 1. The van der Waals surface area contributed by atoms with Crippen LogP contribution in [0, 0.1) is 16.4 Å². The lowest BCUT2D eigenvalue weighted by Gasteiger charge is -2.08. The van der Waals surface area contributed by atoms with E-state index >= 15 is 0 Å². The van der Waals surface area contributed by atoms with E-state index in [0.717, 1.165) is 18.2 Å². The van der Waals surface area contributed by atoms with Crippen LogP contribution in [0.25, 0.3) is 11.4 Å². The van der Waals surface area contributed by atoms with E-state index in [-0.39, 0.29) is 28.3 Å². The lowest BCUT2D eigenvalue weighted by Crippen LogP contribution is -2.05. The highest BCUT2D eigenvalue weighted by Crippen LogP contribution is 2.23. The SMILES string of the molecule is O=C(O)c1cccc(Cn2c(-c3cc(F)ccc3F)n[nH]c2=S)c1. The quantitative estimate of drug-likeness (QED) is 0.707. The molecular weight excluding hydrogens is 336 g/mol. The van der Waals surface area contributed by atoms with Gasteiger partial charge in [0.25, 0.3) is 0 Å². The average Bonchev–Trinajstić information content (AvgIpc) is 2.91. The number of aromatic carboxylic acids is 1. The maximum atomic E-state index is 14.0. The zero-order valence-electron chi connectivity index (χ0n) is 12.2. The monoisotopic (exact) mass is 347 g/mol. The smallest absolute Gasteiger partial charge is 0.335 e. The number of nitrogens with zero attached hydrogens (tertiary/aromatic N) is 2. The van der Waals surface area contributed by atoms with Crippen LogP contribution >= 0.6 is 12.2 Å². The summed E-state index contributed by atoms with van der Waals surface area (Å²) in [6, 6.07) is 9.33. The van der Waals surface area contributed by atoms with E-state index in [1.54, 1.807) is 12.1 Å². The summed E-state index contributed by atoms with van der Waals surface area (Å²) in [6.07, 6.45) is 0. The second-order valence-electron chi connectivity index (χ2n) is 5.07. The molecule has 0 aliphatic rings. The molecular formula is C16H11F2N3O2S. The van der Waals surface area contributed by atoms with E-state index in [1.807, 2.05) is 0 Å². The van der Waals surface area contributed by atoms with Gasteiger partial charge in [0.05, 0.1) is 17.7 Å².